The van der Waals surface area contributed by atoms with Crippen LogP contribution in [0.1, 0.15) is 31.4 Å². The van der Waals surface area contributed by atoms with E-state index >= 15 is 0 Å². The predicted molar refractivity (Wildman–Crippen MR) is 108 cm³/mol. The number of nitrogens with zero attached hydrogens (tertiary/aromatic N) is 2. The Bertz CT molecular complexity index is 1080. The van der Waals surface area contributed by atoms with Gasteiger partial charge in [-0.05, 0) is 41.7 Å². The van der Waals surface area contributed by atoms with Crippen LogP contribution in [-0.2, 0) is 12.0 Å². The van der Waals surface area contributed by atoms with Gasteiger partial charge in [0, 0.05) is 17.6 Å². The zero-order valence-corrected chi connectivity index (χ0v) is 16.0. The van der Waals surface area contributed by atoms with E-state index in [9.17, 15) is 14.3 Å². The Morgan fingerprint density at radius 1 is 1.11 bits per heavy atom. The molecule has 0 bridgehead atoms. The molecule has 0 amide bonds. The minimum Gasteiger partial charge on any atom is -0.385 e. The molecule has 0 aliphatic rings. The second kappa shape index (κ2) is 7.57. The molecule has 1 heterocycles. The minimum atomic E-state index is -1.60. The molecule has 2 aromatic carbocycles. The fourth-order valence-electron chi connectivity index (χ4n) is 3.78. The van der Waals surface area contributed by atoms with E-state index in [0.717, 1.165) is 5.56 Å². The summed E-state index contributed by atoms with van der Waals surface area (Å²) in [6, 6.07) is 17.8. The summed E-state index contributed by atoms with van der Waals surface area (Å²) in [6.07, 6.45) is 1.78. The van der Waals surface area contributed by atoms with Crippen molar-refractivity contribution in [3.63, 3.8) is 0 Å². The van der Waals surface area contributed by atoms with Crippen molar-refractivity contribution in [2.45, 2.75) is 37.8 Å². The highest BCUT2D eigenvalue weighted by Crippen LogP contribution is 2.34. The van der Waals surface area contributed by atoms with E-state index in [1.54, 1.807) is 41.1 Å². The molecular weight excluding hydrogens is 355 g/mol. The van der Waals surface area contributed by atoms with Crippen molar-refractivity contribution in [1.29, 1.82) is 5.26 Å². The highest BCUT2D eigenvalue weighted by molar-refractivity contribution is 5.78. The van der Waals surface area contributed by atoms with Crippen LogP contribution in [0.3, 0.4) is 0 Å². The molecule has 5 heteroatoms. The molecule has 0 aliphatic heterocycles. The normalized spacial score (nSPS) is 13.8. The number of pyridine rings is 1. The van der Waals surface area contributed by atoms with Gasteiger partial charge in [-0.15, -0.1) is 0 Å². The number of hydrogen-bond donors (Lipinski definition) is 1. The number of alkyl halides is 1. The van der Waals surface area contributed by atoms with Gasteiger partial charge < -0.3 is 9.67 Å². The summed E-state index contributed by atoms with van der Waals surface area (Å²) >= 11 is 0. The Kier molecular flexibility index (Phi) is 5.35. The molecule has 3 rings (SSSR count). The number of rotatable bonds is 6. The summed E-state index contributed by atoms with van der Waals surface area (Å²) in [5.41, 5.74) is -0.0754. The number of aliphatic hydroxyl groups is 1. The molecule has 28 heavy (non-hydrogen) atoms. The Labute approximate surface area is 163 Å². The molecule has 0 radical (unpaired) electrons. The van der Waals surface area contributed by atoms with Gasteiger partial charge in [0.1, 0.15) is 12.3 Å². The third-order valence-electron chi connectivity index (χ3n) is 5.16. The van der Waals surface area contributed by atoms with E-state index in [4.69, 9.17) is 5.26 Å². The molecule has 0 saturated heterocycles. The van der Waals surface area contributed by atoms with Crippen molar-refractivity contribution in [1.82, 2.24) is 4.57 Å². The SMILES string of the molecule is CC(C)(CC(O)(CF)Cn1ccc(=O)c2ccccc21)c1ccc(C#N)cc1. The first-order chi connectivity index (χ1) is 13.3. The first-order valence-corrected chi connectivity index (χ1v) is 9.15. The zero-order valence-electron chi connectivity index (χ0n) is 16.0. The maximum atomic E-state index is 14.0. The molecule has 1 atom stereocenters. The van der Waals surface area contributed by atoms with Crippen molar-refractivity contribution < 1.29 is 9.50 Å². The van der Waals surface area contributed by atoms with Crippen LogP contribution in [0.25, 0.3) is 10.9 Å². The van der Waals surface area contributed by atoms with Crippen molar-refractivity contribution in [2.24, 2.45) is 0 Å². The molecule has 3 aromatic rings. The average molecular weight is 378 g/mol. The van der Waals surface area contributed by atoms with E-state index in [0.29, 0.717) is 16.5 Å². The summed E-state index contributed by atoms with van der Waals surface area (Å²) in [5, 5.41) is 20.6. The van der Waals surface area contributed by atoms with Gasteiger partial charge in [-0.3, -0.25) is 4.79 Å². The van der Waals surface area contributed by atoms with Crippen LogP contribution < -0.4 is 5.43 Å². The molecular formula is C23H23FN2O2. The topological polar surface area (TPSA) is 66.0 Å². The number of nitriles is 1. The molecule has 0 fully saturated rings. The summed E-state index contributed by atoms with van der Waals surface area (Å²) < 4.78 is 15.7. The fourth-order valence-corrected chi connectivity index (χ4v) is 3.78. The van der Waals surface area contributed by atoms with Gasteiger partial charge in [0.25, 0.3) is 0 Å². The van der Waals surface area contributed by atoms with Gasteiger partial charge in [0.05, 0.1) is 23.7 Å². The minimum absolute atomic E-state index is 0.0317. The van der Waals surface area contributed by atoms with Crippen LogP contribution in [0.4, 0.5) is 4.39 Å². The molecule has 4 nitrogen and oxygen atoms in total. The third kappa shape index (κ3) is 3.97. The summed E-state index contributed by atoms with van der Waals surface area (Å²) in [5.74, 6) is 0. The van der Waals surface area contributed by atoms with Gasteiger partial charge in [0.15, 0.2) is 5.43 Å². The first-order valence-electron chi connectivity index (χ1n) is 9.15. The van der Waals surface area contributed by atoms with Crippen LogP contribution in [0, 0.1) is 11.3 Å². The Morgan fingerprint density at radius 2 is 1.79 bits per heavy atom. The molecule has 0 spiro atoms. The molecule has 1 aromatic heterocycles. The summed E-state index contributed by atoms with van der Waals surface area (Å²) in [6.45, 7) is 3.01. The number of fused-ring (bicyclic) bond motifs is 1. The second-order valence-electron chi connectivity index (χ2n) is 7.93. The fraction of sp³-hybridized carbons (Fsp3) is 0.304. The lowest BCUT2D eigenvalue weighted by molar-refractivity contribution is -0.0226. The zero-order chi connectivity index (χ0) is 20.4. The van der Waals surface area contributed by atoms with Crippen LogP contribution >= 0.6 is 0 Å². The Morgan fingerprint density at radius 3 is 2.43 bits per heavy atom. The monoisotopic (exact) mass is 378 g/mol. The lowest BCUT2D eigenvalue weighted by Crippen LogP contribution is -2.42. The van der Waals surface area contributed by atoms with Crippen molar-refractivity contribution in [3.05, 3.63) is 82.1 Å². The van der Waals surface area contributed by atoms with E-state index < -0.39 is 17.7 Å². The van der Waals surface area contributed by atoms with Crippen LogP contribution in [0.5, 0.6) is 0 Å². The van der Waals surface area contributed by atoms with Gasteiger partial charge >= 0.3 is 0 Å². The van der Waals surface area contributed by atoms with Crippen molar-refractivity contribution in [3.8, 4) is 6.07 Å². The van der Waals surface area contributed by atoms with Gasteiger partial charge in [-0.25, -0.2) is 4.39 Å². The Balaban J connectivity index is 1.92. The summed E-state index contributed by atoms with van der Waals surface area (Å²) in [4.78, 5) is 12.1. The highest BCUT2D eigenvalue weighted by Gasteiger charge is 2.36. The Hall–Kier alpha value is -2.97. The lowest BCUT2D eigenvalue weighted by Gasteiger charge is -2.36. The third-order valence-corrected chi connectivity index (χ3v) is 5.16. The molecule has 0 saturated carbocycles. The quantitative estimate of drug-likeness (QED) is 0.706. The van der Waals surface area contributed by atoms with Gasteiger partial charge in [0.2, 0.25) is 0 Å². The molecule has 144 valence electrons. The number of hydrogen-bond acceptors (Lipinski definition) is 3. The van der Waals surface area contributed by atoms with E-state index in [1.165, 1.54) is 6.07 Å². The maximum Gasteiger partial charge on any atom is 0.189 e. The first kappa shape index (κ1) is 19.8. The van der Waals surface area contributed by atoms with Crippen molar-refractivity contribution in [2.75, 3.05) is 6.67 Å². The lowest BCUT2D eigenvalue weighted by atomic mass is 9.75. The average Bonchev–Trinajstić information content (AvgIpc) is 2.70. The largest absolute Gasteiger partial charge is 0.385 e. The van der Waals surface area contributed by atoms with Crippen LogP contribution in [-0.4, -0.2) is 21.9 Å². The van der Waals surface area contributed by atoms with Gasteiger partial charge in [-0.2, -0.15) is 5.26 Å². The number of benzene rings is 2. The number of para-hydroxylation sites is 1. The van der Waals surface area contributed by atoms with E-state index in [-0.39, 0.29) is 18.4 Å². The van der Waals surface area contributed by atoms with E-state index in [2.05, 4.69) is 6.07 Å². The number of halogens is 1. The summed E-state index contributed by atoms with van der Waals surface area (Å²) in [7, 11) is 0. The standard InChI is InChI=1S/C23H23FN2O2/c1-22(2,18-9-7-17(13-25)8-10-18)14-23(28,15-24)16-26-12-11-21(27)19-5-3-4-6-20(19)26/h3-12,28H,14-16H2,1-2H3. The maximum absolute atomic E-state index is 14.0. The van der Waals surface area contributed by atoms with Gasteiger partial charge in [-0.1, -0.05) is 38.1 Å². The molecule has 0 aliphatic carbocycles. The smallest absolute Gasteiger partial charge is 0.189 e. The molecule has 1 N–H and O–H groups in total. The highest BCUT2D eigenvalue weighted by atomic mass is 19.1. The van der Waals surface area contributed by atoms with Crippen LogP contribution in [0.15, 0.2) is 65.6 Å². The van der Waals surface area contributed by atoms with E-state index in [1.807, 2.05) is 32.0 Å². The number of aromatic nitrogens is 1. The van der Waals surface area contributed by atoms with Crippen molar-refractivity contribution >= 4 is 10.9 Å². The second-order valence-corrected chi connectivity index (χ2v) is 7.93. The predicted octanol–water partition coefficient (Wildman–Crippen LogP) is 3.94. The molecule has 1 unspecified atom stereocenters. The van der Waals surface area contributed by atoms with Crippen LogP contribution in [0.2, 0.25) is 0 Å².